The number of rotatable bonds is 2. The summed E-state index contributed by atoms with van der Waals surface area (Å²) in [6.45, 7) is 11.7. The van der Waals surface area contributed by atoms with Gasteiger partial charge in [0.15, 0.2) is 0 Å². The highest BCUT2D eigenvalue weighted by Gasteiger charge is 2.45. The minimum absolute atomic E-state index is 0.0580. The van der Waals surface area contributed by atoms with Crippen molar-refractivity contribution in [3.63, 3.8) is 0 Å². The predicted octanol–water partition coefficient (Wildman–Crippen LogP) is 1.80. The van der Waals surface area contributed by atoms with Crippen LogP contribution in [0.3, 0.4) is 0 Å². The van der Waals surface area contributed by atoms with Crippen LogP contribution in [0.2, 0.25) is 0 Å². The van der Waals surface area contributed by atoms with Gasteiger partial charge in [0, 0.05) is 12.5 Å². The van der Waals surface area contributed by atoms with Crippen molar-refractivity contribution in [2.24, 2.45) is 5.92 Å². The van der Waals surface area contributed by atoms with Gasteiger partial charge in [-0.25, -0.2) is 10.4 Å². The van der Waals surface area contributed by atoms with Gasteiger partial charge in [0.05, 0.1) is 0 Å². The lowest BCUT2D eigenvalue weighted by molar-refractivity contribution is -0.174. The summed E-state index contributed by atoms with van der Waals surface area (Å²) in [5.41, 5.74) is 2.07. The number of fused-ring (bicyclic) bond motifs is 2. The van der Waals surface area contributed by atoms with E-state index in [0.29, 0.717) is 13.0 Å². The van der Waals surface area contributed by atoms with Gasteiger partial charge in [-0.1, -0.05) is 12.2 Å². The van der Waals surface area contributed by atoms with Gasteiger partial charge in [-0.2, -0.15) is 0 Å². The molecule has 2 bridgehead atoms. The highest BCUT2D eigenvalue weighted by Crippen LogP contribution is 2.29. The molecule has 4 unspecified atom stereocenters. The average Bonchev–Trinajstić information content (AvgIpc) is 2.32. The van der Waals surface area contributed by atoms with Gasteiger partial charge >= 0.3 is 11.9 Å². The molecular formula is C17H28N2O4. The van der Waals surface area contributed by atoms with Crippen molar-refractivity contribution < 1.29 is 19.1 Å². The molecule has 2 rings (SSSR count). The maximum atomic E-state index is 12.5. The predicted molar refractivity (Wildman–Crippen MR) is 86.4 cm³/mol. The number of esters is 2. The summed E-state index contributed by atoms with van der Waals surface area (Å²) in [6, 6.07) is -0.847. The Morgan fingerprint density at radius 3 is 2.13 bits per heavy atom. The highest BCUT2D eigenvalue weighted by atomic mass is 16.6. The van der Waals surface area contributed by atoms with Crippen LogP contribution in [0.25, 0.3) is 0 Å². The molecule has 2 aliphatic heterocycles. The number of hydrogen-bond donors (Lipinski definition) is 1. The molecule has 4 atom stereocenters. The largest absolute Gasteiger partial charge is 0.459 e. The number of carbonyl (C=O) groups is 2. The zero-order valence-corrected chi connectivity index (χ0v) is 14.9. The van der Waals surface area contributed by atoms with E-state index in [2.05, 4.69) is 5.43 Å². The van der Waals surface area contributed by atoms with Gasteiger partial charge in [-0.15, -0.1) is 0 Å². The first-order valence-corrected chi connectivity index (χ1v) is 8.11. The number of hydrazine groups is 1. The standard InChI is InChI=1S/C17H28N2O4/c1-16(2,3)22-14(20)12-10-11-8-7-9-19(18-12)13(11)15(21)23-17(4,5)6/h7-8,11-13,18H,9-10H2,1-6H3. The summed E-state index contributed by atoms with van der Waals surface area (Å²) in [4.78, 5) is 24.8. The van der Waals surface area contributed by atoms with E-state index in [1.54, 1.807) is 5.01 Å². The molecule has 0 spiro atoms. The van der Waals surface area contributed by atoms with Crippen molar-refractivity contribution in [1.82, 2.24) is 10.4 Å². The Kier molecular flexibility index (Phi) is 4.87. The maximum Gasteiger partial charge on any atom is 0.325 e. The van der Waals surface area contributed by atoms with Crippen LogP contribution in [-0.2, 0) is 19.1 Å². The van der Waals surface area contributed by atoms with Crippen molar-refractivity contribution >= 4 is 11.9 Å². The van der Waals surface area contributed by atoms with Crippen molar-refractivity contribution in [3.8, 4) is 0 Å². The van der Waals surface area contributed by atoms with E-state index in [1.165, 1.54) is 0 Å². The summed E-state index contributed by atoms with van der Waals surface area (Å²) in [5, 5.41) is 1.79. The maximum absolute atomic E-state index is 12.5. The van der Waals surface area contributed by atoms with Crippen LogP contribution in [0.5, 0.6) is 0 Å². The topological polar surface area (TPSA) is 67.9 Å². The van der Waals surface area contributed by atoms with Crippen molar-refractivity contribution in [2.45, 2.75) is 71.2 Å². The quantitative estimate of drug-likeness (QED) is 0.617. The Morgan fingerprint density at radius 1 is 1.04 bits per heavy atom. The van der Waals surface area contributed by atoms with E-state index in [9.17, 15) is 9.59 Å². The van der Waals surface area contributed by atoms with Crippen molar-refractivity contribution in [3.05, 3.63) is 12.2 Å². The molecule has 23 heavy (non-hydrogen) atoms. The molecule has 2 aliphatic rings. The normalized spacial score (nSPS) is 30.7. The Labute approximate surface area is 138 Å². The lowest BCUT2D eigenvalue weighted by Gasteiger charge is -2.45. The molecule has 1 N–H and O–H groups in total. The molecule has 0 radical (unpaired) electrons. The second kappa shape index (κ2) is 6.24. The molecule has 6 nitrogen and oxygen atoms in total. The minimum atomic E-state index is -0.530. The average molecular weight is 324 g/mol. The second-order valence-corrected chi connectivity index (χ2v) is 8.17. The fraction of sp³-hybridized carbons (Fsp3) is 0.765. The summed E-state index contributed by atoms with van der Waals surface area (Å²) in [7, 11) is 0. The van der Waals surface area contributed by atoms with Crippen molar-refractivity contribution in [1.29, 1.82) is 0 Å². The summed E-state index contributed by atoms with van der Waals surface area (Å²) in [6.07, 6.45) is 4.53. The third-order valence-corrected chi connectivity index (χ3v) is 3.60. The lowest BCUT2D eigenvalue weighted by atomic mass is 9.86. The molecule has 0 aromatic carbocycles. The first-order valence-electron chi connectivity index (χ1n) is 8.11. The van der Waals surface area contributed by atoms with Crippen LogP contribution in [0.4, 0.5) is 0 Å². The Balaban J connectivity index is 2.08. The first kappa shape index (κ1) is 17.9. The summed E-state index contributed by atoms with van der Waals surface area (Å²) in [5.74, 6) is -0.607. The highest BCUT2D eigenvalue weighted by molar-refractivity contribution is 5.80. The molecule has 1 saturated heterocycles. The number of hydrogen-bond acceptors (Lipinski definition) is 6. The molecule has 6 heteroatoms. The number of ether oxygens (including phenoxy) is 2. The van der Waals surface area contributed by atoms with Crippen LogP contribution in [0, 0.1) is 5.92 Å². The van der Waals surface area contributed by atoms with E-state index in [-0.39, 0.29) is 17.9 Å². The van der Waals surface area contributed by atoms with Gasteiger partial charge in [-0.05, 0) is 48.0 Å². The number of carbonyl (C=O) groups excluding carboxylic acids is 2. The van der Waals surface area contributed by atoms with E-state index in [1.807, 2.05) is 53.7 Å². The van der Waals surface area contributed by atoms with Crippen LogP contribution < -0.4 is 5.43 Å². The number of nitrogens with one attached hydrogen (secondary N) is 1. The monoisotopic (exact) mass is 324 g/mol. The zero-order valence-electron chi connectivity index (χ0n) is 14.9. The Bertz CT molecular complexity index is 502. The van der Waals surface area contributed by atoms with Gasteiger partial charge in [-0.3, -0.25) is 9.59 Å². The molecule has 2 heterocycles. The van der Waals surface area contributed by atoms with Crippen LogP contribution >= 0.6 is 0 Å². The van der Waals surface area contributed by atoms with Gasteiger partial charge in [0.1, 0.15) is 23.3 Å². The fourth-order valence-electron chi connectivity index (χ4n) is 2.85. The van der Waals surface area contributed by atoms with E-state index in [0.717, 1.165) is 0 Å². The summed E-state index contributed by atoms with van der Waals surface area (Å²) >= 11 is 0. The third kappa shape index (κ3) is 4.78. The van der Waals surface area contributed by atoms with E-state index < -0.39 is 23.3 Å². The molecule has 0 amide bonds. The van der Waals surface area contributed by atoms with Crippen LogP contribution in [0.1, 0.15) is 48.0 Å². The van der Waals surface area contributed by atoms with Crippen LogP contribution in [0.15, 0.2) is 12.2 Å². The summed E-state index contributed by atoms with van der Waals surface area (Å²) < 4.78 is 11.0. The molecule has 130 valence electrons. The Hall–Kier alpha value is -1.40. The van der Waals surface area contributed by atoms with Gasteiger partial charge < -0.3 is 9.47 Å². The molecular weight excluding hydrogens is 296 g/mol. The number of nitrogens with zero attached hydrogens (tertiary/aromatic N) is 1. The fourth-order valence-corrected chi connectivity index (χ4v) is 2.85. The second-order valence-electron chi connectivity index (χ2n) is 8.17. The van der Waals surface area contributed by atoms with Gasteiger partial charge in [0.2, 0.25) is 0 Å². The third-order valence-electron chi connectivity index (χ3n) is 3.60. The minimum Gasteiger partial charge on any atom is -0.459 e. The van der Waals surface area contributed by atoms with Crippen LogP contribution in [-0.4, -0.2) is 46.8 Å². The van der Waals surface area contributed by atoms with E-state index >= 15 is 0 Å². The smallest absolute Gasteiger partial charge is 0.325 e. The molecule has 0 saturated carbocycles. The molecule has 0 aromatic heterocycles. The SMILES string of the molecule is CC(C)(C)OC(=O)C1CC2C=CCN(N1)C2C(=O)OC(C)(C)C. The molecule has 0 aliphatic carbocycles. The van der Waals surface area contributed by atoms with E-state index in [4.69, 9.17) is 9.47 Å². The molecule has 0 aromatic rings. The first-order chi connectivity index (χ1) is 10.5. The zero-order chi connectivity index (χ0) is 17.4. The van der Waals surface area contributed by atoms with Crippen molar-refractivity contribution in [2.75, 3.05) is 6.54 Å². The van der Waals surface area contributed by atoms with Gasteiger partial charge in [0.25, 0.3) is 0 Å². The Morgan fingerprint density at radius 2 is 1.61 bits per heavy atom. The molecule has 1 fully saturated rings. The lowest BCUT2D eigenvalue weighted by Crippen LogP contribution is -2.65.